The number of alkyl halides is 6. The number of likely N-dealkylation sites (tertiary alicyclic amines) is 1. The molecule has 2 amide bonds. The van der Waals surface area contributed by atoms with E-state index in [0.717, 1.165) is 4.90 Å². The van der Waals surface area contributed by atoms with Crippen LogP contribution in [0.1, 0.15) is 65.7 Å². The van der Waals surface area contributed by atoms with Gasteiger partial charge in [0.15, 0.2) is 0 Å². The maximum atomic E-state index is 14.0. The van der Waals surface area contributed by atoms with E-state index in [4.69, 9.17) is 4.74 Å². The summed E-state index contributed by atoms with van der Waals surface area (Å²) in [4.78, 5) is 28.6. The van der Waals surface area contributed by atoms with E-state index in [1.807, 2.05) is 0 Å². The fraction of sp³-hybridized carbons (Fsp3) is 0.481. The Morgan fingerprint density at radius 2 is 1.51 bits per heavy atom. The first-order chi connectivity index (χ1) is 17.8. The van der Waals surface area contributed by atoms with E-state index in [1.54, 1.807) is 20.8 Å². The summed E-state index contributed by atoms with van der Waals surface area (Å²) in [5.41, 5.74) is -3.92. The average molecular weight is 563 g/mol. The molecule has 39 heavy (non-hydrogen) atoms. The van der Waals surface area contributed by atoms with Crippen LogP contribution in [-0.2, 0) is 17.1 Å². The van der Waals surface area contributed by atoms with Crippen LogP contribution in [0.5, 0.6) is 0 Å². The fourth-order valence-electron chi connectivity index (χ4n) is 4.55. The molecule has 214 valence electrons. The quantitative estimate of drug-likeness (QED) is 0.377. The Bertz CT molecular complexity index is 1200. The Morgan fingerprint density at radius 1 is 0.949 bits per heavy atom. The van der Waals surface area contributed by atoms with Crippen LogP contribution in [-0.4, -0.2) is 53.6 Å². The van der Waals surface area contributed by atoms with Gasteiger partial charge in [0, 0.05) is 37.7 Å². The molecule has 1 heterocycles. The van der Waals surface area contributed by atoms with E-state index in [9.17, 15) is 40.3 Å². The first-order valence-electron chi connectivity index (χ1n) is 12.1. The van der Waals surface area contributed by atoms with E-state index >= 15 is 0 Å². The molecule has 0 saturated carbocycles. The molecule has 3 rings (SSSR count). The second-order valence-corrected chi connectivity index (χ2v) is 10.6. The van der Waals surface area contributed by atoms with Crippen LogP contribution in [0.25, 0.3) is 0 Å². The van der Waals surface area contributed by atoms with Gasteiger partial charge in [-0.25, -0.2) is 9.18 Å². The number of benzene rings is 2. The molecule has 12 heteroatoms. The van der Waals surface area contributed by atoms with Gasteiger partial charge in [-0.15, -0.1) is 0 Å². The summed E-state index contributed by atoms with van der Waals surface area (Å²) < 4.78 is 99.7. The highest BCUT2D eigenvalue weighted by Gasteiger charge is 2.41. The van der Waals surface area contributed by atoms with Crippen molar-refractivity contribution in [3.8, 4) is 0 Å². The minimum atomic E-state index is -5.11. The van der Waals surface area contributed by atoms with E-state index in [1.165, 1.54) is 37.1 Å². The normalized spacial score (nSPS) is 18.6. The summed E-state index contributed by atoms with van der Waals surface area (Å²) >= 11 is 0. The minimum absolute atomic E-state index is 0.0265. The summed E-state index contributed by atoms with van der Waals surface area (Å²) in [7, 11) is 1.28. The van der Waals surface area contributed by atoms with E-state index in [2.05, 4.69) is 0 Å². The lowest BCUT2D eigenvalue weighted by Gasteiger charge is -2.43. The lowest BCUT2D eigenvalue weighted by molar-refractivity contribution is -0.143. The van der Waals surface area contributed by atoms with Gasteiger partial charge >= 0.3 is 18.4 Å². The van der Waals surface area contributed by atoms with Crippen molar-refractivity contribution in [1.82, 2.24) is 9.80 Å². The molecule has 0 aliphatic carbocycles. The van der Waals surface area contributed by atoms with Crippen LogP contribution in [0.3, 0.4) is 0 Å². The number of aryl methyl sites for hydroxylation is 1. The number of halogens is 7. The molecule has 1 aliphatic rings. The molecule has 2 aromatic rings. The second-order valence-electron chi connectivity index (χ2n) is 10.6. The minimum Gasteiger partial charge on any atom is -0.444 e. The predicted octanol–water partition coefficient (Wildman–Crippen LogP) is 7.04. The molecule has 0 radical (unpaired) electrons. The maximum absolute atomic E-state index is 14.0. The summed E-state index contributed by atoms with van der Waals surface area (Å²) in [6, 6.07) is 4.24. The zero-order valence-electron chi connectivity index (χ0n) is 22.0. The molecule has 0 spiro atoms. The number of rotatable bonds is 3. The number of piperidine rings is 1. The van der Waals surface area contributed by atoms with Crippen LogP contribution in [0.4, 0.5) is 35.5 Å². The largest absolute Gasteiger partial charge is 0.444 e. The molecular formula is C27H29F7N2O3. The number of carbonyl (C=O) groups excluding carboxylic acids is 2. The monoisotopic (exact) mass is 562 g/mol. The second kappa shape index (κ2) is 10.7. The molecule has 0 N–H and O–H groups in total. The smallest absolute Gasteiger partial charge is 0.416 e. The van der Waals surface area contributed by atoms with Crippen molar-refractivity contribution in [3.05, 3.63) is 70.0 Å². The predicted molar refractivity (Wildman–Crippen MR) is 129 cm³/mol. The molecule has 2 atom stereocenters. The van der Waals surface area contributed by atoms with Gasteiger partial charge < -0.3 is 14.5 Å². The number of hydrogen-bond donors (Lipinski definition) is 0. The molecule has 2 aromatic carbocycles. The Labute approximate surface area is 221 Å². The van der Waals surface area contributed by atoms with Gasteiger partial charge in [0.1, 0.15) is 11.4 Å². The van der Waals surface area contributed by atoms with Crippen molar-refractivity contribution in [2.75, 3.05) is 20.1 Å². The van der Waals surface area contributed by atoms with Gasteiger partial charge in [0.2, 0.25) is 0 Å². The summed E-state index contributed by atoms with van der Waals surface area (Å²) in [6.45, 7) is 6.74. The number of nitrogens with zero attached hydrogens (tertiary/aromatic N) is 2. The summed E-state index contributed by atoms with van der Waals surface area (Å²) in [5.74, 6) is -2.17. The molecule has 1 aliphatic heterocycles. The Hall–Kier alpha value is -3.31. The number of carbonyl (C=O) groups is 2. The first-order valence-corrected chi connectivity index (χ1v) is 12.1. The molecule has 0 bridgehead atoms. The Balaban J connectivity index is 2.00. The Morgan fingerprint density at radius 3 is 2.00 bits per heavy atom. The lowest BCUT2D eigenvalue weighted by atomic mass is 9.84. The number of amides is 2. The third-order valence-corrected chi connectivity index (χ3v) is 6.49. The topological polar surface area (TPSA) is 49.9 Å². The third kappa shape index (κ3) is 7.21. The molecule has 1 saturated heterocycles. The van der Waals surface area contributed by atoms with Crippen LogP contribution < -0.4 is 0 Å². The van der Waals surface area contributed by atoms with Crippen molar-refractivity contribution >= 4 is 12.0 Å². The van der Waals surface area contributed by atoms with Crippen LogP contribution in [0.2, 0.25) is 0 Å². The molecular weight excluding hydrogens is 533 g/mol. The first kappa shape index (κ1) is 30.2. The zero-order valence-corrected chi connectivity index (χ0v) is 22.0. The zero-order chi connectivity index (χ0) is 29.5. The molecule has 0 aromatic heterocycles. The van der Waals surface area contributed by atoms with Gasteiger partial charge in [-0.2, -0.15) is 26.3 Å². The van der Waals surface area contributed by atoms with Crippen molar-refractivity contribution < 1.29 is 45.1 Å². The third-order valence-electron chi connectivity index (χ3n) is 6.49. The average Bonchev–Trinajstić information content (AvgIpc) is 2.82. The molecule has 5 nitrogen and oxygen atoms in total. The lowest BCUT2D eigenvalue weighted by Crippen LogP contribution is -2.52. The number of likely N-dealkylation sites (N-methyl/N-ethyl adjacent to an activating group) is 1. The van der Waals surface area contributed by atoms with Crippen molar-refractivity contribution in [1.29, 1.82) is 0 Å². The van der Waals surface area contributed by atoms with Crippen molar-refractivity contribution in [2.45, 2.75) is 64.0 Å². The van der Waals surface area contributed by atoms with Gasteiger partial charge in [0.05, 0.1) is 11.1 Å². The standard InChI is InChI=1S/C27H29F7N2O3/c1-15-10-16(6-7-21(15)28)20-14-36(24(38)39-25(2,3)4)9-8-22(20)35(5)23(37)17-11-18(26(29,30)31)13-19(12-17)27(32,33)34/h6-7,10-13,20,22H,8-9,14H2,1-5H3/t20-,22+/m0/s1. The van der Waals surface area contributed by atoms with E-state index < -0.39 is 64.4 Å². The van der Waals surface area contributed by atoms with E-state index in [-0.39, 0.29) is 25.6 Å². The Kier molecular flexibility index (Phi) is 8.29. The summed E-state index contributed by atoms with van der Waals surface area (Å²) in [6.07, 6.45) is -10.7. The number of hydrogen-bond acceptors (Lipinski definition) is 3. The fourth-order valence-corrected chi connectivity index (χ4v) is 4.55. The number of ether oxygens (including phenoxy) is 1. The van der Waals surface area contributed by atoms with Gasteiger partial charge in [-0.05, 0) is 69.5 Å². The van der Waals surface area contributed by atoms with Crippen molar-refractivity contribution in [3.63, 3.8) is 0 Å². The van der Waals surface area contributed by atoms with Crippen LogP contribution in [0.15, 0.2) is 36.4 Å². The highest BCUT2D eigenvalue weighted by atomic mass is 19.4. The summed E-state index contributed by atoms with van der Waals surface area (Å²) in [5, 5.41) is 0. The SMILES string of the molecule is Cc1cc([C@@H]2CN(C(=O)OC(C)(C)C)CC[C@H]2N(C)C(=O)c2cc(C(F)(F)F)cc(C(F)(F)F)c2)ccc1F. The van der Waals surface area contributed by atoms with Crippen LogP contribution in [0, 0.1) is 12.7 Å². The highest BCUT2D eigenvalue weighted by molar-refractivity contribution is 5.95. The van der Waals surface area contributed by atoms with Gasteiger partial charge in [-0.1, -0.05) is 12.1 Å². The molecule has 0 unspecified atom stereocenters. The van der Waals surface area contributed by atoms with Crippen LogP contribution >= 0.6 is 0 Å². The molecule has 1 fully saturated rings. The van der Waals surface area contributed by atoms with Crippen molar-refractivity contribution in [2.24, 2.45) is 0 Å². The maximum Gasteiger partial charge on any atom is 0.416 e. The van der Waals surface area contributed by atoms with Gasteiger partial charge in [0.25, 0.3) is 5.91 Å². The van der Waals surface area contributed by atoms with E-state index in [0.29, 0.717) is 23.3 Å². The van der Waals surface area contributed by atoms with Gasteiger partial charge in [-0.3, -0.25) is 4.79 Å². The highest BCUT2D eigenvalue weighted by Crippen LogP contribution is 2.38.